The Bertz CT molecular complexity index is 395. The Balaban J connectivity index is 1.65. The van der Waals surface area contributed by atoms with Gasteiger partial charge in [0.1, 0.15) is 0 Å². The topological polar surface area (TPSA) is 67.2 Å². The summed E-state index contributed by atoms with van der Waals surface area (Å²) in [6, 6.07) is 0.484. The summed E-state index contributed by atoms with van der Waals surface area (Å²) < 4.78 is 1.81. The van der Waals surface area contributed by atoms with E-state index in [1.807, 2.05) is 24.1 Å². The Labute approximate surface area is 107 Å². The van der Waals surface area contributed by atoms with Gasteiger partial charge in [0.15, 0.2) is 0 Å². The number of nitrogens with zero attached hydrogens (tertiary/aromatic N) is 2. The number of hydrogen-bond donors (Lipinski definition) is 2. The third-order valence-corrected chi connectivity index (χ3v) is 3.68. The maximum atomic E-state index is 10.8. The van der Waals surface area contributed by atoms with Crippen molar-refractivity contribution >= 4 is 5.97 Å². The molecule has 0 aromatic carbocycles. The molecule has 0 atom stereocenters. The molecule has 0 aliphatic heterocycles. The maximum Gasteiger partial charge on any atom is 0.306 e. The van der Waals surface area contributed by atoms with Crippen LogP contribution in [0.2, 0.25) is 0 Å². The van der Waals surface area contributed by atoms with Gasteiger partial charge in [-0.15, -0.1) is 0 Å². The molecular weight excluding hydrogens is 230 g/mol. The molecular formula is C13H21N3O2. The van der Waals surface area contributed by atoms with E-state index >= 15 is 0 Å². The fourth-order valence-electron chi connectivity index (χ4n) is 2.57. The van der Waals surface area contributed by atoms with Gasteiger partial charge in [0.05, 0.1) is 12.1 Å². The number of carbonyl (C=O) groups is 1. The minimum atomic E-state index is -0.635. The summed E-state index contributed by atoms with van der Waals surface area (Å²) in [6.07, 6.45) is 8.46. The molecule has 0 radical (unpaired) electrons. The first-order valence-corrected chi connectivity index (χ1v) is 6.59. The third kappa shape index (κ3) is 3.57. The number of rotatable bonds is 5. The molecule has 0 bridgehead atoms. The van der Waals surface area contributed by atoms with Crippen molar-refractivity contribution in [2.24, 2.45) is 13.0 Å². The van der Waals surface area contributed by atoms with Crippen LogP contribution in [0.25, 0.3) is 0 Å². The van der Waals surface area contributed by atoms with Crippen LogP contribution in [0.5, 0.6) is 0 Å². The minimum Gasteiger partial charge on any atom is -0.481 e. The van der Waals surface area contributed by atoms with Crippen molar-refractivity contribution in [1.29, 1.82) is 0 Å². The van der Waals surface area contributed by atoms with E-state index in [0.29, 0.717) is 6.04 Å². The van der Waals surface area contributed by atoms with Crippen molar-refractivity contribution in [3.05, 3.63) is 18.0 Å². The highest BCUT2D eigenvalue weighted by atomic mass is 16.4. The second-order valence-electron chi connectivity index (χ2n) is 5.11. The molecule has 100 valence electrons. The van der Waals surface area contributed by atoms with Crippen LogP contribution < -0.4 is 5.32 Å². The van der Waals surface area contributed by atoms with E-state index in [-0.39, 0.29) is 5.92 Å². The van der Waals surface area contributed by atoms with Gasteiger partial charge >= 0.3 is 5.97 Å². The average molecular weight is 251 g/mol. The lowest BCUT2D eigenvalue weighted by atomic mass is 9.86. The van der Waals surface area contributed by atoms with Crippen LogP contribution in [0.4, 0.5) is 0 Å². The monoisotopic (exact) mass is 251 g/mol. The fraction of sp³-hybridized carbons (Fsp3) is 0.692. The average Bonchev–Trinajstić information content (AvgIpc) is 2.76. The molecule has 5 nitrogen and oxygen atoms in total. The van der Waals surface area contributed by atoms with Crippen LogP contribution in [0, 0.1) is 5.92 Å². The number of aromatic nitrogens is 2. The number of aliphatic carboxylic acids is 1. The Morgan fingerprint density at radius 3 is 2.78 bits per heavy atom. The summed E-state index contributed by atoms with van der Waals surface area (Å²) in [7, 11) is 1.92. The highest BCUT2D eigenvalue weighted by molar-refractivity contribution is 5.70. The van der Waals surface area contributed by atoms with Crippen molar-refractivity contribution in [3.8, 4) is 0 Å². The van der Waals surface area contributed by atoms with Gasteiger partial charge in [-0.2, -0.15) is 5.10 Å². The minimum absolute atomic E-state index is 0.124. The first-order chi connectivity index (χ1) is 8.65. The number of nitrogens with one attached hydrogen (secondary N) is 1. The number of carboxylic acids is 1. The van der Waals surface area contributed by atoms with Crippen molar-refractivity contribution in [1.82, 2.24) is 15.1 Å². The molecule has 18 heavy (non-hydrogen) atoms. The molecule has 2 rings (SSSR count). The van der Waals surface area contributed by atoms with E-state index in [9.17, 15) is 4.79 Å². The second-order valence-corrected chi connectivity index (χ2v) is 5.11. The third-order valence-electron chi connectivity index (χ3n) is 3.68. The van der Waals surface area contributed by atoms with Gasteiger partial charge in [-0.05, 0) is 44.2 Å². The predicted octanol–water partition coefficient (Wildman–Crippen LogP) is 1.20. The number of carboxylic acid groups (broad SMARTS) is 1. The molecule has 5 heteroatoms. The summed E-state index contributed by atoms with van der Waals surface area (Å²) in [5.74, 6) is -0.759. The van der Waals surface area contributed by atoms with Crippen molar-refractivity contribution < 1.29 is 9.90 Å². The van der Waals surface area contributed by atoms with Crippen LogP contribution in [0.3, 0.4) is 0 Å². The highest BCUT2D eigenvalue weighted by Gasteiger charge is 2.25. The zero-order chi connectivity index (χ0) is 13.0. The van der Waals surface area contributed by atoms with E-state index in [1.54, 1.807) is 0 Å². The highest BCUT2D eigenvalue weighted by Crippen LogP contribution is 2.24. The molecule has 1 aromatic heterocycles. The molecule has 1 aliphatic carbocycles. The van der Waals surface area contributed by atoms with E-state index < -0.39 is 5.97 Å². The molecule has 0 spiro atoms. The largest absolute Gasteiger partial charge is 0.481 e. The van der Waals surface area contributed by atoms with Crippen LogP contribution >= 0.6 is 0 Å². The fourth-order valence-corrected chi connectivity index (χ4v) is 2.57. The van der Waals surface area contributed by atoms with Crippen LogP contribution in [-0.2, 0) is 18.3 Å². The lowest BCUT2D eigenvalue weighted by Gasteiger charge is -2.26. The summed E-state index contributed by atoms with van der Waals surface area (Å²) in [5, 5.41) is 16.6. The van der Waals surface area contributed by atoms with E-state index in [2.05, 4.69) is 10.4 Å². The van der Waals surface area contributed by atoms with Crippen molar-refractivity contribution in [3.63, 3.8) is 0 Å². The van der Waals surface area contributed by atoms with E-state index in [0.717, 1.165) is 38.6 Å². The van der Waals surface area contributed by atoms with Crippen LogP contribution in [0.15, 0.2) is 12.4 Å². The second kappa shape index (κ2) is 6.00. The molecule has 0 amide bonds. The van der Waals surface area contributed by atoms with E-state index in [1.165, 1.54) is 5.56 Å². The van der Waals surface area contributed by atoms with Gasteiger partial charge in [-0.3, -0.25) is 9.48 Å². The van der Waals surface area contributed by atoms with E-state index in [4.69, 9.17) is 5.11 Å². The first kappa shape index (κ1) is 13.1. The Kier molecular flexibility index (Phi) is 4.36. The predicted molar refractivity (Wildman–Crippen MR) is 68.3 cm³/mol. The number of hydrogen-bond acceptors (Lipinski definition) is 3. The van der Waals surface area contributed by atoms with Gasteiger partial charge < -0.3 is 10.4 Å². The smallest absolute Gasteiger partial charge is 0.306 e. The molecule has 1 heterocycles. The maximum absolute atomic E-state index is 10.8. The van der Waals surface area contributed by atoms with Crippen molar-refractivity contribution in [2.45, 2.75) is 38.1 Å². The zero-order valence-corrected chi connectivity index (χ0v) is 10.8. The lowest BCUT2D eigenvalue weighted by Crippen LogP contribution is -2.35. The van der Waals surface area contributed by atoms with Gasteiger partial charge in [0.25, 0.3) is 0 Å². The summed E-state index contributed by atoms with van der Waals surface area (Å²) in [5.41, 5.74) is 1.24. The first-order valence-electron chi connectivity index (χ1n) is 6.59. The summed E-state index contributed by atoms with van der Waals surface area (Å²) in [6.45, 7) is 0.939. The number of aryl methyl sites for hydroxylation is 1. The molecule has 1 aliphatic rings. The Morgan fingerprint density at radius 1 is 1.50 bits per heavy atom. The molecule has 1 saturated carbocycles. The molecule has 1 aromatic rings. The van der Waals surface area contributed by atoms with Crippen molar-refractivity contribution in [2.75, 3.05) is 6.54 Å². The van der Waals surface area contributed by atoms with Gasteiger partial charge in [-0.1, -0.05) is 0 Å². The normalized spacial score (nSPS) is 24.1. The SMILES string of the molecule is Cn1cc(CCNC2CCC(C(=O)O)CC2)cn1. The lowest BCUT2D eigenvalue weighted by molar-refractivity contribution is -0.142. The van der Waals surface area contributed by atoms with Crippen LogP contribution in [0.1, 0.15) is 31.2 Å². The quantitative estimate of drug-likeness (QED) is 0.825. The van der Waals surface area contributed by atoms with Gasteiger partial charge in [0, 0.05) is 19.3 Å². The summed E-state index contributed by atoms with van der Waals surface area (Å²) >= 11 is 0. The standard InChI is InChI=1S/C13H21N3O2/c1-16-9-10(8-15-16)6-7-14-12-4-2-11(3-5-12)13(17)18/h8-9,11-12,14H,2-7H2,1H3,(H,17,18). The Morgan fingerprint density at radius 2 is 2.22 bits per heavy atom. The van der Waals surface area contributed by atoms with Crippen LogP contribution in [-0.4, -0.2) is 33.4 Å². The van der Waals surface area contributed by atoms with Gasteiger partial charge in [-0.25, -0.2) is 0 Å². The molecule has 2 N–H and O–H groups in total. The molecule has 1 fully saturated rings. The van der Waals surface area contributed by atoms with Gasteiger partial charge in [0.2, 0.25) is 0 Å². The Hall–Kier alpha value is -1.36. The molecule has 0 saturated heterocycles. The molecule has 0 unspecified atom stereocenters. The zero-order valence-electron chi connectivity index (χ0n) is 10.8. The summed E-state index contributed by atoms with van der Waals surface area (Å²) in [4.78, 5) is 10.8.